The number of esters is 1. The second kappa shape index (κ2) is 8.23. The molecular formula is C23H16BrNO3. The van der Waals surface area contributed by atoms with Crippen molar-refractivity contribution in [3.05, 3.63) is 106 Å². The van der Waals surface area contributed by atoms with Crippen molar-refractivity contribution in [2.75, 3.05) is 0 Å². The van der Waals surface area contributed by atoms with Crippen molar-refractivity contribution >= 4 is 33.9 Å². The highest BCUT2D eigenvalue weighted by molar-refractivity contribution is 9.10. The lowest BCUT2D eigenvalue weighted by Crippen LogP contribution is -2.05. The monoisotopic (exact) mass is 433 g/mol. The second-order valence-corrected chi connectivity index (χ2v) is 7.01. The lowest BCUT2D eigenvalue weighted by atomic mass is 10.2. The Morgan fingerprint density at radius 1 is 0.929 bits per heavy atom. The lowest BCUT2D eigenvalue weighted by molar-refractivity contribution is -0.129. The molecule has 0 saturated heterocycles. The first-order valence-corrected chi connectivity index (χ1v) is 9.52. The number of carbonyl (C=O) groups excluding carboxylic acids is 1. The number of rotatable bonds is 5. The van der Waals surface area contributed by atoms with Gasteiger partial charge < -0.3 is 9.47 Å². The summed E-state index contributed by atoms with van der Waals surface area (Å²) in [6.07, 6.45) is 1.70. The summed E-state index contributed by atoms with van der Waals surface area (Å²) >= 11 is 3.45. The molecule has 1 aliphatic rings. The molecule has 4 nitrogen and oxygen atoms in total. The third-order valence-corrected chi connectivity index (χ3v) is 4.85. The van der Waals surface area contributed by atoms with Crippen molar-refractivity contribution in [1.82, 2.24) is 0 Å². The number of nitrogens with zero attached hydrogens (tertiary/aromatic N) is 1. The number of hydrogen-bond donors (Lipinski definition) is 0. The van der Waals surface area contributed by atoms with Gasteiger partial charge in [0.05, 0.1) is 5.56 Å². The molecule has 0 atom stereocenters. The summed E-state index contributed by atoms with van der Waals surface area (Å²) in [4.78, 5) is 16.5. The van der Waals surface area contributed by atoms with Gasteiger partial charge in [0.1, 0.15) is 12.4 Å². The summed E-state index contributed by atoms with van der Waals surface area (Å²) in [5.41, 5.74) is 2.96. The highest BCUT2D eigenvalue weighted by Gasteiger charge is 2.25. The summed E-state index contributed by atoms with van der Waals surface area (Å²) in [6.45, 7) is 0.507. The molecule has 0 saturated carbocycles. The average molecular weight is 434 g/mol. The number of ether oxygens (including phenoxy) is 2. The molecule has 28 heavy (non-hydrogen) atoms. The van der Waals surface area contributed by atoms with E-state index >= 15 is 0 Å². The van der Waals surface area contributed by atoms with Crippen molar-refractivity contribution in [3.63, 3.8) is 0 Å². The van der Waals surface area contributed by atoms with Crippen LogP contribution < -0.4 is 4.74 Å². The van der Waals surface area contributed by atoms with Gasteiger partial charge >= 0.3 is 5.97 Å². The van der Waals surface area contributed by atoms with Gasteiger partial charge in [0.15, 0.2) is 5.70 Å². The minimum Gasteiger partial charge on any atom is -0.489 e. The first-order chi connectivity index (χ1) is 13.7. The van der Waals surface area contributed by atoms with Crippen LogP contribution >= 0.6 is 15.9 Å². The first kappa shape index (κ1) is 18.2. The maximum atomic E-state index is 12.2. The fourth-order valence-corrected chi connectivity index (χ4v) is 3.17. The molecule has 0 N–H and O–H groups in total. The second-order valence-electron chi connectivity index (χ2n) is 6.16. The summed E-state index contributed by atoms with van der Waals surface area (Å²) in [7, 11) is 0. The largest absolute Gasteiger partial charge is 0.489 e. The van der Waals surface area contributed by atoms with Crippen LogP contribution in [0.25, 0.3) is 6.08 Å². The lowest BCUT2D eigenvalue weighted by Gasteiger charge is -2.06. The van der Waals surface area contributed by atoms with E-state index in [-0.39, 0.29) is 5.70 Å². The minimum absolute atomic E-state index is 0.267. The van der Waals surface area contributed by atoms with Crippen molar-refractivity contribution in [1.29, 1.82) is 0 Å². The van der Waals surface area contributed by atoms with Crippen molar-refractivity contribution in [2.24, 2.45) is 4.99 Å². The van der Waals surface area contributed by atoms with Crippen molar-refractivity contribution in [3.8, 4) is 5.75 Å². The number of benzene rings is 3. The van der Waals surface area contributed by atoms with Crippen LogP contribution in [0.1, 0.15) is 16.7 Å². The quantitative estimate of drug-likeness (QED) is 0.401. The molecule has 3 aromatic rings. The summed E-state index contributed by atoms with van der Waals surface area (Å²) < 4.78 is 11.9. The van der Waals surface area contributed by atoms with Gasteiger partial charge in [-0.25, -0.2) is 9.79 Å². The molecule has 138 valence electrons. The molecule has 0 spiro atoms. The Morgan fingerprint density at radius 3 is 2.39 bits per heavy atom. The fraction of sp³-hybridized carbons (Fsp3) is 0.0435. The number of hydrogen-bond acceptors (Lipinski definition) is 4. The molecule has 0 fully saturated rings. The molecule has 5 heteroatoms. The molecule has 4 rings (SSSR count). The zero-order valence-corrected chi connectivity index (χ0v) is 16.4. The van der Waals surface area contributed by atoms with Gasteiger partial charge in [-0.05, 0) is 57.4 Å². The van der Waals surface area contributed by atoms with Crippen molar-refractivity contribution in [2.45, 2.75) is 6.61 Å². The van der Waals surface area contributed by atoms with Gasteiger partial charge in [-0.2, -0.15) is 0 Å². The van der Waals surface area contributed by atoms with Crippen LogP contribution in [-0.2, 0) is 16.1 Å². The standard InChI is InChI=1S/C23H16BrNO3/c24-20-9-5-4-8-19(20)22-25-21(23(26)28-22)14-16-10-12-18(13-11-16)27-15-17-6-2-1-3-7-17/h1-14H,15H2. The van der Waals surface area contributed by atoms with Crippen LogP contribution in [0.2, 0.25) is 0 Å². The van der Waals surface area contributed by atoms with E-state index in [4.69, 9.17) is 9.47 Å². The third-order valence-electron chi connectivity index (χ3n) is 4.16. The van der Waals surface area contributed by atoms with Gasteiger partial charge in [-0.15, -0.1) is 0 Å². The molecule has 0 amide bonds. The highest BCUT2D eigenvalue weighted by Crippen LogP contribution is 2.24. The van der Waals surface area contributed by atoms with Crippen LogP contribution in [0.5, 0.6) is 5.75 Å². The SMILES string of the molecule is O=C1OC(c2ccccc2Br)=NC1=Cc1ccc(OCc2ccccc2)cc1. The first-order valence-electron chi connectivity index (χ1n) is 8.73. The molecule has 0 aliphatic carbocycles. The van der Waals surface area contributed by atoms with Gasteiger partial charge in [0.2, 0.25) is 5.90 Å². The van der Waals surface area contributed by atoms with Crippen LogP contribution in [0.3, 0.4) is 0 Å². The maximum Gasteiger partial charge on any atom is 0.363 e. The highest BCUT2D eigenvalue weighted by atomic mass is 79.9. The van der Waals surface area contributed by atoms with Gasteiger partial charge in [0.25, 0.3) is 0 Å². The molecule has 1 aliphatic heterocycles. The third kappa shape index (κ3) is 4.21. The van der Waals surface area contributed by atoms with E-state index in [0.717, 1.165) is 26.9 Å². The Morgan fingerprint density at radius 2 is 1.64 bits per heavy atom. The van der Waals surface area contributed by atoms with E-state index < -0.39 is 5.97 Å². The van der Waals surface area contributed by atoms with Crippen molar-refractivity contribution < 1.29 is 14.3 Å². The van der Waals surface area contributed by atoms with E-state index in [1.807, 2.05) is 78.9 Å². The number of aliphatic imine (C=N–C) groups is 1. The molecular weight excluding hydrogens is 418 g/mol. The smallest absolute Gasteiger partial charge is 0.363 e. The van der Waals surface area contributed by atoms with E-state index in [0.29, 0.717) is 12.5 Å². The molecule has 0 aromatic heterocycles. The predicted molar refractivity (Wildman–Crippen MR) is 112 cm³/mol. The molecule has 0 radical (unpaired) electrons. The number of cyclic esters (lactones) is 1. The molecule has 0 unspecified atom stereocenters. The summed E-state index contributed by atoms with van der Waals surface area (Å²) in [5.74, 6) is 0.596. The zero-order chi connectivity index (χ0) is 19.3. The van der Waals surface area contributed by atoms with Crippen LogP contribution in [0.15, 0.2) is 94.0 Å². The Kier molecular flexibility index (Phi) is 5.35. The van der Waals surface area contributed by atoms with E-state index in [1.54, 1.807) is 6.08 Å². The molecule has 1 heterocycles. The normalized spacial score (nSPS) is 14.7. The predicted octanol–water partition coefficient (Wildman–Crippen LogP) is 5.37. The molecule has 3 aromatic carbocycles. The Labute approximate surface area is 171 Å². The topological polar surface area (TPSA) is 47.9 Å². The van der Waals surface area contributed by atoms with E-state index in [2.05, 4.69) is 20.9 Å². The Balaban J connectivity index is 1.48. The minimum atomic E-state index is -0.463. The maximum absolute atomic E-state index is 12.2. The van der Waals surface area contributed by atoms with E-state index in [9.17, 15) is 4.79 Å². The molecule has 0 bridgehead atoms. The van der Waals surface area contributed by atoms with Crippen LogP contribution in [-0.4, -0.2) is 11.9 Å². The summed E-state index contributed by atoms with van der Waals surface area (Å²) in [5, 5.41) is 0. The van der Waals surface area contributed by atoms with Gasteiger partial charge in [-0.1, -0.05) is 54.6 Å². The van der Waals surface area contributed by atoms with Crippen LogP contribution in [0.4, 0.5) is 0 Å². The summed E-state index contributed by atoms with van der Waals surface area (Å²) in [6, 6.07) is 25.0. The fourth-order valence-electron chi connectivity index (χ4n) is 2.72. The van der Waals surface area contributed by atoms with Gasteiger partial charge in [-0.3, -0.25) is 0 Å². The van der Waals surface area contributed by atoms with Crippen LogP contribution in [0, 0.1) is 0 Å². The van der Waals surface area contributed by atoms with Gasteiger partial charge in [0, 0.05) is 4.47 Å². The number of halogens is 1. The Bertz CT molecular complexity index is 1060. The average Bonchev–Trinajstić information content (AvgIpc) is 3.08. The van der Waals surface area contributed by atoms with E-state index in [1.165, 1.54) is 0 Å². The zero-order valence-electron chi connectivity index (χ0n) is 14.8. The Hall–Kier alpha value is -3.18. The number of carbonyl (C=O) groups is 1.